The topological polar surface area (TPSA) is 94.3 Å². The third-order valence-electron chi connectivity index (χ3n) is 6.44. The minimum atomic E-state index is -0.567. The molecule has 0 saturated heterocycles. The average molecular weight is 434 g/mol. The first kappa shape index (κ1) is 20.7. The monoisotopic (exact) mass is 433 g/mol. The van der Waals surface area contributed by atoms with Crippen molar-refractivity contribution in [2.45, 2.75) is 64.3 Å². The number of hydrogen-bond acceptors (Lipinski definition) is 6. The molecular weight excluding hydrogens is 406 g/mol. The first-order valence-electron chi connectivity index (χ1n) is 11.3. The largest absolute Gasteiger partial charge is 0.452 e. The number of nitrogens with zero attached hydrogens (tertiary/aromatic N) is 2. The highest BCUT2D eigenvalue weighted by atomic mass is 16.5. The maximum atomic E-state index is 12.8. The van der Waals surface area contributed by atoms with Gasteiger partial charge in [-0.25, -0.2) is 9.78 Å². The molecule has 0 aliphatic heterocycles. The fraction of sp³-hybridized carbons (Fsp3) is 0.440. The van der Waals surface area contributed by atoms with Crippen molar-refractivity contribution in [3.05, 3.63) is 57.9 Å². The molecule has 1 amide bonds. The van der Waals surface area contributed by atoms with Crippen LogP contribution in [0.2, 0.25) is 0 Å². The summed E-state index contributed by atoms with van der Waals surface area (Å²) in [7, 11) is 0. The van der Waals surface area contributed by atoms with E-state index in [4.69, 9.17) is 9.26 Å². The maximum Gasteiger partial charge on any atom is 0.339 e. The van der Waals surface area contributed by atoms with E-state index in [0.29, 0.717) is 28.3 Å². The molecule has 166 valence electrons. The zero-order valence-electron chi connectivity index (χ0n) is 18.4. The molecule has 32 heavy (non-hydrogen) atoms. The van der Waals surface area contributed by atoms with Gasteiger partial charge in [-0.1, -0.05) is 23.4 Å². The number of nitrogens with one attached hydrogen (secondary N) is 1. The lowest BCUT2D eigenvalue weighted by Gasteiger charge is -2.20. The third-order valence-corrected chi connectivity index (χ3v) is 6.44. The number of aryl methyl sites for hydroxylation is 3. The van der Waals surface area contributed by atoms with E-state index in [1.165, 1.54) is 24.0 Å². The van der Waals surface area contributed by atoms with Crippen LogP contribution in [0.3, 0.4) is 0 Å². The molecular formula is C25H27N3O4. The van der Waals surface area contributed by atoms with Crippen LogP contribution >= 0.6 is 0 Å². The molecule has 7 heteroatoms. The Hall–Kier alpha value is -3.22. The number of ether oxygens (including phenoxy) is 1. The number of benzene rings is 1. The van der Waals surface area contributed by atoms with Gasteiger partial charge in [0.25, 0.3) is 11.6 Å². The number of rotatable bonds is 6. The highest BCUT2D eigenvalue weighted by Gasteiger charge is 2.29. The Morgan fingerprint density at radius 3 is 2.75 bits per heavy atom. The molecule has 1 aromatic carbocycles. The summed E-state index contributed by atoms with van der Waals surface area (Å²) in [6.45, 7) is 3.36. The number of carbonyl (C=O) groups is 2. The molecule has 2 aromatic heterocycles. The van der Waals surface area contributed by atoms with E-state index in [9.17, 15) is 9.59 Å². The molecule has 0 spiro atoms. The molecule has 1 N–H and O–H groups in total. The molecule has 7 nitrogen and oxygen atoms in total. The van der Waals surface area contributed by atoms with Crippen molar-refractivity contribution in [1.29, 1.82) is 0 Å². The van der Waals surface area contributed by atoms with Crippen molar-refractivity contribution in [2.75, 3.05) is 6.61 Å². The SMILES string of the molecule is Cc1noc2nc(C3CC3)cc(C(=O)OCC(=O)N[C@H](C)c3ccc4c(c3)CCCC4)c12. The highest BCUT2D eigenvalue weighted by molar-refractivity contribution is 6.03. The predicted octanol–water partition coefficient (Wildman–Crippen LogP) is 4.32. The molecule has 0 bridgehead atoms. The fourth-order valence-electron chi connectivity index (χ4n) is 4.46. The zero-order valence-corrected chi connectivity index (χ0v) is 18.4. The number of pyridine rings is 1. The summed E-state index contributed by atoms with van der Waals surface area (Å²) in [6.07, 6.45) is 6.76. The van der Waals surface area contributed by atoms with Crippen LogP contribution < -0.4 is 5.32 Å². The lowest BCUT2D eigenvalue weighted by atomic mass is 9.89. The van der Waals surface area contributed by atoms with Crippen LogP contribution in [-0.2, 0) is 22.4 Å². The standard InChI is InChI=1S/C25H27N3O4/c1-14(18-10-7-16-5-3-4-6-19(16)11-18)26-22(29)13-31-25(30)20-12-21(17-8-9-17)27-24-23(20)15(2)28-32-24/h7,10-12,14,17H,3-6,8-9,13H2,1-2H3,(H,26,29)/t14-/m1/s1. The first-order chi connectivity index (χ1) is 15.5. The van der Waals surface area contributed by atoms with E-state index >= 15 is 0 Å². The van der Waals surface area contributed by atoms with Crippen molar-refractivity contribution in [2.24, 2.45) is 0 Å². The van der Waals surface area contributed by atoms with E-state index in [-0.39, 0.29) is 18.6 Å². The molecule has 0 unspecified atom stereocenters. The number of fused-ring (bicyclic) bond motifs is 2. The summed E-state index contributed by atoms with van der Waals surface area (Å²) in [5.41, 5.74) is 5.92. The van der Waals surface area contributed by atoms with Gasteiger partial charge in [-0.2, -0.15) is 0 Å². The Morgan fingerprint density at radius 1 is 1.19 bits per heavy atom. The molecule has 1 saturated carbocycles. The third kappa shape index (κ3) is 4.11. The second-order valence-corrected chi connectivity index (χ2v) is 8.92. The van der Waals surface area contributed by atoms with Crippen LogP contribution in [0.5, 0.6) is 0 Å². The summed E-state index contributed by atoms with van der Waals surface area (Å²) >= 11 is 0. The Kier molecular flexibility index (Phi) is 5.41. The van der Waals surface area contributed by atoms with Crippen LogP contribution in [0.1, 0.15) is 83.0 Å². The van der Waals surface area contributed by atoms with Gasteiger partial charge in [-0.3, -0.25) is 4.79 Å². The molecule has 1 atom stereocenters. The van der Waals surface area contributed by atoms with Gasteiger partial charge in [-0.05, 0) is 75.1 Å². The van der Waals surface area contributed by atoms with Gasteiger partial charge in [0.2, 0.25) is 0 Å². The number of amides is 1. The number of hydrogen-bond donors (Lipinski definition) is 1. The van der Waals surface area contributed by atoms with E-state index in [1.807, 2.05) is 6.92 Å². The lowest BCUT2D eigenvalue weighted by Crippen LogP contribution is -2.31. The Bertz CT molecular complexity index is 1200. The average Bonchev–Trinajstić information content (AvgIpc) is 3.59. The normalized spacial score (nSPS) is 16.4. The fourth-order valence-corrected chi connectivity index (χ4v) is 4.46. The van der Waals surface area contributed by atoms with Crippen molar-refractivity contribution in [3.8, 4) is 0 Å². The van der Waals surface area contributed by atoms with Crippen LogP contribution in [0.15, 0.2) is 28.8 Å². The number of carbonyl (C=O) groups excluding carboxylic acids is 2. The van der Waals surface area contributed by atoms with E-state index < -0.39 is 5.97 Å². The molecule has 2 heterocycles. The second kappa shape index (κ2) is 8.37. The Morgan fingerprint density at radius 2 is 1.97 bits per heavy atom. The summed E-state index contributed by atoms with van der Waals surface area (Å²) in [5.74, 6) is -0.558. The minimum absolute atomic E-state index is 0.164. The quantitative estimate of drug-likeness (QED) is 0.582. The maximum absolute atomic E-state index is 12.8. The molecule has 5 rings (SSSR count). The number of aromatic nitrogens is 2. The molecule has 2 aliphatic carbocycles. The molecule has 0 radical (unpaired) electrons. The van der Waals surface area contributed by atoms with Crippen LogP contribution in [0, 0.1) is 6.92 Å². The Balaban J connectivity index is 1.24. The second-order valence-electron chi connectivity index (χ2n) is 8.92. The van der Waals surface area contributed by atoms with Gasteiger partial charge in [0.15, 0.2) is 6.61 Å². The van der Waals surface area contributed by atoms with Gasteiger partial charge < -0.3 is 14.6 Å². The van der Waals surface area contributed by atoms with Crippen molar-refractivity contribution < 1.29 is 18.8 Å². The molecule has 2 aliphatic rings. The number of esters is 1. The molecule has 3 aromatic rings. The highest BCUT2D eigenvalue weighted by Crippen LogP contribution is 2.40. The van der Waals surface area contributed by atoms with E-state index in [0.717, 1.165) is 36.9 Å². The van der Waals surface area contributed by atoms with Gasteiger partial charge in [0.1, 0.15) is 0 Å². The van der Waals surface area contributed by atoms with E-state index in [1.54, 1.807) is 13.0 Å². The summed E-state index contributed by atoms with van der Waals surface area (Å²) in [4.78, 5) is 29.8. The van der Waals surface area contributed by atoms with Crippen LogP contribution in [0.25, 0.3) is 11.1 Å². The van der Waals surface area contributed by atoms with Crippen molar-refractivity contribution in [1.82, 2.24) is 15.5 Å². The van der Waals surface area contributed by atoms with Gasteiger partial charge in [0, 0.05) is 11.6 Å². The predicted molar refractivity (Wildman–Crippen MR) is 118 cm³/mol. The lowest BCUT2D eigenvalue weighted by molar-refractivity contribution is -0.124. The van der Waals surface area contributed by atoms with Gasteiger partial charge >= 0.3 is 5.97 Å². The zero-order chi connectivity index (χ0) is 22.2. The molecule has 1 fully saturated rings. The van der Waals surface area contributed by atoms with Gasteiger partial charge in [0.05, 0.1) is 22.7 Å². The summed E-state index contributed by atoms with van der Waals surface area (Å²) < 4.78 is 10.6. The van der Waals surface area contributed by atoms with Gasteiger partial charge in [-0.15, -0.1) is 0 Å². The van der Waals surface area contributed by atoms with Crippen molar-refractivity contribution in [3.63, 3.8) is 0 Å². The summed E-state index contributed by atoms with van der Waals surface area (Å²) in [6, 6.07) is 8.01. The van der Waals surface area contributed by atoms with E-state index in [2.05, 4.69) is 33.7 Å². The summed E-state index contributed by atoms with van der Waals surface area (Å²) in [5, 5.41) is 7.41. The van der Waals surface area contributed by atoms with Crippen LogP contribution in [0.4, 0.5) is 0 Å². The minimum Gasteiger partial charge on any atom is -0.452 e. The first-order valence-corrected chi connectivity index (χ1v) is 11.3. The smallest absolute Gasteiger partial charge is 0.339 e. The Labute approximate surface area is 186 Å². The van der Waals surface area contributed by atoms with Crippen molar-refractivity contribution >= 4 is 23.0 Å². The van der Waals surface area contributed by atoms with Crippen LogP contribution in [-0.4, -0.2) is 28.6 Å².